The Kier molecular flexibility index (Phi) is 10.3. The van der Waals surface area contributed by atoms with Crippen LogP contribution >= 0.6 is 0 Å². The van der Waals surface area contributed by atoms with E-state index in [0.717, 1.165) is 22.3 Å². The molecule has 10 nitrogen and oxygen atoms in total. The monoisotopic (exact) mass is 627 g/mol. The number of nitrogens with zero attached hydrogens (tertiary/aromatic N) is 2. The van der Waals surface area contributed by atoms with E-state index >= 15 is 0 Å². The molecule has 5 rings (SSSR count). The van der Waals surface area contributed by atoms with Crippen LogP contribution in [0.2, 0.25) is 0 Å². The molecule has 0 radical (unpaired) electrons. The number of carboxylic acid groups (broad SMARTS) is 1. The van der Waals surface area contributed by atoms with Crippen LogP contribution < -0.4 is 10.1 Å². The van der Waals surface area contributed by atoms with Crippen LogP contribution in [0, 0.1) is 5.92 Å². The van der Waals surface area contributed by atoms with Crippen LogP contribution in [-0.2, 0) is 16.0 Å². The summed E-state index contributed by atoms with van der Waals surface area (Å²) in [6.45, 7) is 7.92. The number of carbonyl (C=O) groups is 3. The average Bonchev–Trinajstić information content (AvgIpc) is 3.39. The molecule has 0 saturated heterocycles. The molecule has 46 heavy (non-hydrogen) atoms. The molecule has 0 bridgehead atoms. The Bertz CT molecular complexity index is 1550. The minimum atomic E-state index is -1.07. The van der Waals surface area contributed by atoms with E-state index in [0.29, 0.717) is 23.4 Å². The van der Waals surface area contributed by atoms with E-state index in [2.05, 4.69) is 36.2 Å². The summed E-state index contributed by atoms with van der Waals surface area (Å²) < 4.78 is 12.1. The predicted octanol–water partition coefficient (Wildman–Crippen LogP) is 5.75. The lowest BCUT2D eigenvalue weighted by atomic mass is 9.98. The van der Waals surface area contributed by atoms with Gasteiger partial charge in [-0.25, -0.2) is 9.59 Å². The zero-order valence-electron chi connectivity index (χ0n) is 26.2. The van der Waals surface area contributed by atoms with Crippen molar-refractivity contribution >= 4 is 23.8 Å². The number of hydrogen-bond acceptors (Lipinski definition) is 6. The largest absolute Gasteiger partial charge is 0.488 e. The lowest BCUT2D eigenvalue weighted by Gasteiger charge is -2.34. The van der Waals surface area contributed by atoms with Crippen LogP contribution in [0.4, 0.5) is 15.3 Å². The van der Waals surface area contributed by atoms with Crippen molar-refractivity contribution in [2.75, 3.05) is 38.2 Å². The highest BCUT2D eigenvalue weighted by Crippen LogP contribution is 2.44. The number of anilines is 1. The summed E-state index contributed by atoms with van der Waals surface area (Å²) in [5.74, 6) is -0.123. The van der Waals surface area contributed by atoms with Gasteiger partial charge in [-0.1, -0.05) is 61.5 Å². The number of carbonyl (C=O) groups excluding carboxylic acids is 2. The first-order valence-electron chi connectivity index (χ1n) is 15.6. The number of nitrogens with one attached hydrogen (secondary N) is 1. The number of amides is 3. The van der Waals surface area contributed by atoms with Crippen LogP contribution in [-0.4, -0.2) is 83.1 Å². The summed E-state index contributed by atoms with van der Waals surface area (Å²) in [7, 11) is 0. The number of fused-ring (bicyclic) bond motifs is 4. The van der Waals surface area contributed by atoms with Crippen molar-refractivity contribution in [1.29, 1.82) is 0 Å². The molecule has 0 aromatic heterocycles. The molecule has 0 unspecified atom stereocenters. The third-order valence-electron chi connectivity index (χ3n) is 8.78. The van der Waals surface area contributed by atoms with Crippen molar-refractivity contribution < 1.29 is 34.1 Å². The highest BCUT2D eigenvalue weighted by Gasteiger charge is 2.33. The van der Waals surface area contributed by atoms with E-state index in [4.69, 9.17) is 9.47 Å². The predicted molar refractivity (Wildman–Crippen MR) is 175 cm³/mol. The third-order valence-corrected chi connectivity index (χ3v) is 8.78. The molecule has 1 aliphatic heterocycles. The maximum absolute atomic E-state index is 13.5. The molecule has 10 heteroatoms. The van der Waals surface area contributed by atoms with E-state index in [1.165, 1.54) is 4.90 Å². The quantitative estimate of drug-likeness (QED) is 0.244. The van der Waals surface area contributed by atoms with Crippen molar-refractivity contribution in [3.63, 3.8) is 0 Å². The van der Waals surface area contributed by atoms with Crippen LogP contribution in [0.3, 0.4) is 0 Å². The van der Waals surface area contributed by atoms with E-state index in [1.54, 1.807) is 36.1 Å². The van der Waals surface area contributed by atoms with Gasteiger partial charge in [0.1, 0.15) is 18.5 Å². The standard InChI is InChI=1S/C36H41N3O7/c1-4-5-16-38(36(43)44)20-33-23(2)19-39(24(3)21-40)34(41)18-25-17-26(14-15-32(25)46-33)37-35(42)45-22-31-29-12-8-6-10-27(29)28-11-7-9-13-30(28)31/h4,6-15,17,23-24,31,33,40H,1,5,16,18-22H2,2-3H3,(H,37,42)(H,43,44)/t23-,24+,33+/m1/s1. The Morgan fingerprint density at radius 1 is 1.13 bits per heavy atom. The number of aliphatic hydroxyl groups excluding tert-OH is 1. The molecule has 0 fully saturated rings. The summed E-state index contributed by atoms with van der Waals surface area (Å²) >= 11 is 0. The van der Waals surface area contributed by atoms with Gasteiger partial charge in [-0.15, -0.1) is 6.58 Å². The molecule has 3 aromatic rings. The molecule has 3 amide bonds. The van der Waals surface area contributed by atoms with Gasteiger partial charge in [-0.3, -0.25) is 10.1 Å². The normalized spacial score (nSPS) is 18.1. The molecule has 0 spiro atoms. The molecule has 0 saturated carbocycles. The van der Waals surface area contributed by atoms with E-state index < -0.39 is 24.3 Å². The maximum atomic E-state index is 13.5. The molecular formula is C36H41N3O7. The second-order valence-corrected chi connectivity index (χ2v) is 12.0. The summed E-state index contributed by atoms with van der Waals surface area (Å²) in [4.78, 5) is 41.4. The van der Waals surface area contributed by atoms with E-state index in [1.807, 2.05) is 31.2 Å². The van der Waals surface area contributed by atoms with Gasteiger partial charge in [0.25, 0.3) is 0 Å². The molecule has 2 aliphatic rings. The number of benzene rings is 3. The Morgan fingerprint density at radius 2 is 1.80 bits per heavy atom. The van der Waals surface area contributed by atoms with Gasteiger partial charge in [-0.05, 0) is 53.8 Å². The topological polar surface area (TPSA) is 129 Å². The van der Waals surface area contributed by atoms with Crippen LogP contribution in [0.1, 0.15) is 42.9 Å². The molecule has 3 atom stereocenters. The molecule has 1 aliphatic carbocycles. The van der Waals surface area contributed by atoms with Gasteiger partial charge in [-0.2, -0.15) is 0 Å². The highest BCUT2D eigenvalue weighted by atomic mass is 16.5. The summed E-state index contributed by atoms with van der Waals surface area (Å²) in [5.41, 5.74) is 5.46. The first-order chi connectivity index (χ1) is 22.2. The Labute approximate surface area is 269 Å². The highest BCUT2D eigenvalue weighted by molar-refractivity contribution is 5.86. The summed E-state index contributed by atoms with van der Waals surface area (Å²) in [6, 6.07) is 20.8. The van der Waals surface area contributed by atoms with Gasteiger partial charge in [0, 0.05) is 36.2 Å². The van der Waals surface area contributed by atoms with Crippen molar-refractivity contribution in [3.05, 3.63) is 96.1 Å². The van der Waals surface area contributed by atoms with Crippen molar-refractivity contribution in [3.8, 4) is 16.9 Å². The van der Waals surface area contributed by atoms with Crippen LogP contribution in [0.5, 0.6) is 5.75 Å². The lowest BCUT2D eigenvalue weighted by Crippen LogP contribution is -2.48. The second kappa shape index (κ2) is 14.5. The fraction of sp³-hybridized carbons (Fsp3) is 0.361. The van der Waals surface area contributed by atoms with Gasteiger partial charge < -0.3 is 29.5 Å². The molecule has 3 N–H and O–H groups in total. The third kappa shape index (κ3) is 7.18. The summed E-state index contributed by atoms with van der Waals surface area (Å²) in [6.07, 6.45) is -0.164. The van der Waals surface area contributed by atoms with E-state index in [-0.39, 0.29) is 57.0 Å². The Hall–Kier alpha value is -4.83. The number of aliphatic hydroxyl groups is 1. The molecule has 3 aromatic carbocycles. The summed E-state index contributed by atoms with van der Waals surface area (Å²) in [5, 5.41) is 22.5. The molecule has 242 valence electrons. The van der Waals surface area contributed by atoms with Crippen LogP contribution in [0.25, 0.3) is 11.1 Å². The molecule has 1 heterocycles. The van der Waals surface area contributed by atoms with Crippen LogP contribution in [0.15, 0.2) is 79.4 Å². The van der Waals surface area contributed by atoms with Gasteiger partial charge in [0.05, 0.1) is 25.6 Å². The zero-order valence-corrected chi connectivity index (χ0v) is 26.2. The Balaban J connectivity index is 1.34. The van der Waals surface area contributed by atoms with Gasteiger partial charge in [0.2, 0.25) is 5.91 Å². The number of hydrogen-bond donors (Lipinski definition) is 3. The van der Waals surface area contributed by atoms with E-state index in [9.17, 15) is 24.6 Å². The first-order valence-corrected chi connectivity index (χ1v) is 15.6. The SMILES string of the molecule is C=CCCN(C[C@@H]1Oc2ccc(NC(=O)OCC3c4ccccc4-c4ccccc43)cc2CC(=O)N([C@@H](C)CO)C[C@H]1C)C(=O)O. The second-order valence-electron chi connectivity index (χ2n) is 12.0. The minimum Gasteiger partial charge on any atom is -0.488 e. The number of rotatable bonds is 10. The average molecular weight is 628 g/mol. The number of ether oxygens (including phenoxy) is 2. The maximum Gasteiger partial charge on any atom is 0.411 e. The van der Waals surface area contributed by atoms with Crippen molar-refractivity contribution in [2.45, 2.75) is 44.8 Å². The Morgan fingerprint density at radius 3 is 2.43 bits per heavy atom. The fourth-order valence-electron chi connectivity index (χ4n) is 6.21. The molecular weight excluding hydrogens is 586 g/mol. The lowest BCUT2D eigenvalue weighted by molar-refractivity contribution is -0.134. The van der Waals surface area contributed by atoms with Crippen molar-refractivity contribution in [2.24, 2.45) is 5.92 Å². The van der Waals surface area contributed by atoms with Gasteiger partial charge in [0.15, 0.2) is 0 Å². The zero-order chi connectivity index (χ0) is 32.8. The minimum absolute atomic E-state index is 0.0293. The first kappa shape index (κ1) is 32.6. The fourth-order valence-corrected chi connectivity index (χ4v) is 6.21. The van der Waals surface area contributed by atoms with Gasteiger partial charge >= 0.3 is 12.2 Å². The van der Waals surface area contributed by atoms with Crippen molar-refractivity contribution in [1.82, 2.24) is 9.80 Å². The smallest absolute Gasteiger partial charge is 0.411 e.